The van der Waals surface area contributed by atoms with Gasteiger partial charge in [-0.2, -0.15) is 0 Å². The fraction of sp³-hybridized carbons (Fsp3) is 0.714. The lowest BCUT2D eigenvalue weighted by atomic mass is 9.68. The fourth-order valence-corrected chi connectivity index (χ4v) is 3.69. The summed E-state index contributed by atoms with van der Waals surface area (Å²) < 4.78 is 0. The number of thiophene rings is 1. The molecule has 1 fully saturated rings. The molecule has 1 saturated carbocycles. The maximum atomic E-state index is 6.07. The molecule has 17 heavy (non-hydrogen) atoms. The molecule has 0 aliphatic heterocycles. The van der Waals surface area contributed by atoms with Gasteiger partial charge in [0.05, 0.1) is 0 Å². The third-order valence-corrected chi connectivity index (χ3v) is 5.44. The molecular weight excluding hydrogens is 228 g/mol. The van der Waals surface area contributed by atoms with E-state index in [1.165, 1.54) is 24.1 Å². The van der Waals surface area contributed by atoms with E-state index < -0.39 is 0 Å². The molecule has 1 aliphatic rings. The number of rotatable bonds is 4. The number of nitrogens with two attached hydrogens (primary N) is 1. The highest BCUT2D eigenvalue weighted by molar-refractivity contribution is 7.09. The van der Waals surface area contributed by atoms with Gasteiger partial charge >= 0.3 is 0 Å². The predicted octanol–water partition coefficient (Wildman–Crippen LogP) is 2.99. The van der Waals surface area contributed by atoms with Crippen LogP contribution in [-0.2, 0) is 6.54 Å². The van der Waals surface area contributed by atoms with Crippen LogP contribution in [-0.4, -0.2) is 12.1 Å². The normalized spacial score (nSPS) is 33.8. The molecule has 96 valence electrons. The summed E-state index contributed by atoms with van der Waals surface area (Å²) in [5.41, 5.74) is 6.23. The Morgan fingerprint density at radius 2 is 2.35 bits per heavy atom. The van der Waals surface area contributed by atoms with Crippen LogP contribution in [0.15, 0.2) is 17.5 Å². The Kier molecular flexibility index (Phi) is 4.23. The van der Waals surface area contributed by atoms with Gasteiger partial charge in [-0.3, -0.25) is 0 Å². The molecule has 0 saturated heterocycles. The van der Waals surface area contributed by atoms with Gasteiger partial charge in [0.1, 0.15) is 0 Å². The first kappa shape index (κ1) is 13.1. The predicted molar refractivity (Wildman–Crippen MR) is 75.1 cm³/mol. The zero-order valence-corrected chi connectivity index (χ0v) is 11.7. The van der Waals surface area contributed by atoms with E-state index in [4.69, 9.17) is 5.73 Å². The smallest absolute Gasteiger partial charge is 0.0335 e. The van der Waals surface area contributed by atoms with Crippen LogP contribution in [0.2, 0.25) is 0 Å². The van der Waals surface area contributed by atoms with Crippen molar-refractivity contribution in [3.63, 3.8) is 0 Å². The van der Waals surface area contributed by atoms with Gasteiger partial charge < -0.3 is 11.1 Å². The van der Waals surface area contributed by atoms with Crippen LogP contribution in [0.3, 0.4) is 0 Å². The van der Waals surface area contributed by atoms with E-state index in [1.54, 1.807) is 0 Å². The van der Waals surface area contributed by atoms with Crippen molar-refractivity contribution < 1.29 is 0 Å². The standard InChI is InChI=1S/C14H24N2S/c1-11-5-3-7-14(10-15,12(11)2)16-9-13-6-4-8-17-13/h4,6,8,11-12,16H,3,5,7,9-10,15H2,1-2H3. The second-order valence-electron chi connectivity index (χ2n) is 5.45. The van der Waals surface area contributed by atoms with Crippen LogP contribution < -0.4 is 11.1 Å². The van der Waals surface area contributed by atoms with Crippen molar-refractivity contribution in [2.24, 2.45) is 17.6 Å². The molecule has 0 spiro atoms. The van der Waals surface area contributed by atoms with Crippen LogP contribution >= 0.6 is 11.3 Å². The highest BCUT2D eigenvalue weighted by atomic mass is 32.1. The number of nitrogens with one attached hydrogen (secondary N) is 1. The van der Waals surface area contributed by atoms with Gasteiger partial charge in [0.2, 0.25) is 0 Å². The summed E-state index contributed by atoms with van der Waals surface area (Å²) in [6, 6.07) is 4.31. The molecule has 2 nitrogen and oxygen atoms in total. The molecule has 2 rings (SSSR count). The van der Waals surface area contributed by atoms with E-state index in [0.717, 1.165) is 19.0 Å². The van der Waals surface area contributed by atoms with Gasteiger partial charge in [0.15, 0.2) is 0 Å². The number of hydrogen-bond acceptors (Lipinski definition) is 3. The van der Waals surface area contributed by atoms with Gasteiger partial charge in [-0.15, -0.1) is 11.3 Å². The Labute approximate surface area is 109 Å². The third kappa shape index (κ3) is 2.72. The molecule has 1 heterocycles. The van der Waals surface area contributed by atoms with E-state index >= 15 is 0 Å². The third-order valence-electron chi connectivity index (χ3n) is 4.57. The molecule has 3 atom stereocenters. The summed E-state index contributed by atoms with van der Waals surface area (Å²) in [7, 11) is 0. The minimum atomic E-state index is 0.154. The van der Waals surface area contributed by atoms with E-state index in [-0.39, 0.29) is 5.54 Å². The molecule has 3 heteroatoms. The van der Waals surface area contributed by atoms with Gasteiger partial charge in [-0.25, -0.2) is 0 Å². The van der Waals surface area contributed by atoms with Crippen molar-refractivity contribution in [1.82, 2.24) is 5.32 Å². The van der Waals surface area contributed by atoms with Crippen molar-refractivity contribution in [2.75, 3.05) is 6.54 Å². The van der Waals surface area contributed by atoms with E-state index in [0.29, 0.717) is 5.92 Å². The molecule has 0 aromatic carbocycles. The monoisotopic (exact) mass is 252 g/mol. The molecule has 0 radical (unpaired) electrons. The van der Waals surface area contributed by atoms with Gasteiger partial charge in [-0.05, 0) is 29.7 Å². The molecule has 0 bridgehead atoms. The molecular formula is C14H24N2S. The molecule has 3 unspecified atom stereocenters. The Balaban J connectivity index is 2.03. The summed E-state index contributed by atoms with van der Waals surface area (Å²) >= 11 is 1.82. The highest BCUT2D eigenvalue weighted by Gasteiger charge is 2.39. The topological polar surface area (TPSA) is 38.0 Å². The average molecular weight is 252 g/mol. The molecule has 0 amide bonds. The summed E-state index contributed by atoms with van der Waals surface area (Å²) in [5, 5.41) is 5.89. The SMILES string of the molecule is CC1CCCC(CN)(NCc2cccs2)C1C. The summed E-state index contributed by atoms with van der Waals surface area (Å²) in [6.07, 6.45) is 3.88. The first-order chi connectivity index (χ1) is 8.18. The summed E-state index contributed by atoms with van der Waals surface area (Å²) in [6.45, 7) is 6.44. The molecule has 1 aromatic heterocycles. The van der Waals surface area contributed by atoms with Crippen molar-refractivity contribution in [1.29, 1.82) is 0 Å². The number of hydrogen-bond donors (Lipinski definition) is 2. The van der Waals surface area contributed by atoms with Crippen molar-refractivity contribution in [3.8, 4) is 0 Å². The second-order valence-corrected chi connectivity index (χ2v) is 6.48. The Hall–Kier alpha value is -0.380. The highest BCUT2D eigenvalue weighted by Crippen LogP contribution is 2.37. The first-order valence-corrected chi connectivity index (χ1v) is 7.53. The fourth-order valence-electron chi connectivity index (χ4n) is 3.05. The average Bonchev–Trinajstić information content (AvgIpc) is 2.85. The Morgan fingerprint density at radius 1 is 1.53 bits per heavy atom. The minimum absolute atomic E-state index is 0.154. The zero-order chi connectivity index (χ0) is 12.3. The lowest BCUT2D eigenvalue weighted by Gasteiger charge is -2.46. The van der Waals surface area contributed by atoms with Gasteiger partial charge in [-0.1, -0.05) is 32.8 Å². The largest absolute Gasteiger partial charge is 0.329 e. The lowest BCUT2D eigenvalue weighted by molar-refractivity contribution is 0.110. The van der Waals surface area contributed by atoms with Crippen LogP contribution in [0.1, 0.15) is 38.0 Å². The summed E-state index contributed by atoms with van der Waals surface area (Å²) in [5.74, 6) is 1.45. The molecule has 3 N–H and O–H groups in total. The second kappa shape index (κ2) is 5.51. The van der Waals surface area contributed by atoms with E-state index in [2.05, 4.69) is 36.7 Å². The Morgan fingerprint density at radius 3 is 3.00 bits per heavy atom. The van der Waals surface area contributed by atoms with Crippen LogP contribution in [0, 0.1) is 11.8 Å². The van der Waals surface area contributed by atoms with Crippen molar-refractivity contribution in [3.05, 3.63) is 22.4 Å². The summed E-state index contributed by atoms with van der Waals surface area (Å²) in [4.78, 5) is 1.41. The zero-order valence-electron chi connectivity index (χ0n) is 10.9. The quantitative estimate of drug-likeness (QED) is 0.864. The van der Waals surface area contributed by atoms with Crippen LogP contribution in [0.4, 0.5) is 0 Å². The first-order valence-electron chi connectivity index (χ1n) is 6.65. The minimum Gasteiger partial charge on any atom is -0.329 e. The van der Waals surface area contributed by atoms with Gasteiger partial charge in [0.25, 0.3) is 0 Å². The Bertz CT molecular complexity index is 336. The van der Waals surface area contributed by atoms with Crippen LogP contribution in [0.25, 0.3) is 0 Å². The maximum Gasteiger partial charge on any atom is 0.0335 e. The maximum absolute atomic E-state index is 6.07. The van der Waals surface area contributed by atoms with Crippen molar-refractivity contribution in [2.45, 2.75) is 45.2 Å². The van der Waals surface area contributed by atoms with Gasteiger partial charge in [0, 0.05) is 23.5 Å². The van der Waals surface area contributed by atoms with E-state index in [9.17, 15) is 0 Å². The van der Waals surface area contributed by atoms with Crippen molar-refractivity contribution >= 4 is 11.3 Å². The molecule has 1 aromatic rings. The van der Waals surface area contributed by atoms with Crippen LogP contribution in [0.5, 0.6) is 0 Å². The molecule has 1 aliphatic carbocycles. The lowest BCUT2D eigenvalue weighted by Crippen LogP contribution is -2.58. The van der Waals surface area contributed by atoms with E-state index in [1.807, 2.05) is 11.3 Å².